The zero-order valence-corrected chi connectivity index (χ0v) is 9.66. The fraction of sp³-hybridized carbons (Fsp3) is 0.800. The van der Waals surface area contributed by atoms with E-state index in [1.807, 2.05) is 0 Å². The van der Waals surface area contributed by atoms with E-state index in [1.165, 1.54) is 7.05 Å². The molecule has 1 saturated heterocycles. The molecule has 92 valence electrons. The first kappa shape index (κ1) is 12.9. The Balaban J connectivity index is 2.15. The zero-order valence-electron chi connectivity index (χ0n) is 9.66. The van der Waals surface area contributed by atoms with Crippen LogP contribution in [-0.4, -0.2) is 50.1 Å². The molecule has 1 atom stereocenters. The monoisotopic (exact) mass is 228 g/mol. The Morgan fingerprint density at radius 2 is 2.25 bits per heavy atom. The first-order valence-electron chi connectivity index (χ1n) is 5.59. The maximum absolute atomic E-state index is 11.3. The molecule has 4 N–H and O–H groups in total. The normalized spacial score (nSPS) is 20.8. The number of hydrogen-bond acceptors (Lipinski definition) is 4. The second-order valence-corrected chi connectivity index (χ2v) is 4.07. The standard InChI is InChI=1S/C10H20N4O2/c1-12-10(16)13-9(15)3-5-14-4-2-8(6-11)7-14/h8H,2-7,11H2,1H3,(H2,12,13,15,16). The van der Waals surface area contributed by atoms with Gasteiger partial charge in [0.25, 0.3) is 0 Å². The van der Waals surface area contributed by atoms with Gasteiger partial charge in [0.15, 0.2) is 0 Å². The number of nitrogens with two attached hydrogens (primary N) is 1. The lowest BCUT2D eigenvalue weighted by Gasteiger charge is -2.14. The van der Waals surface area contributed by atoms with Gasteiger partial charge in [-0.05, 0) is 25.4 Å². The highest BCUT2D eigenvalue weighted by atomic mass is 16.2. The van der Waals surface area contributed by atoms with Crippen LogP contribution in [0.1, 0.15) is 12.8 Å². The summed E-state index contributed by atoms with van der Waals surface area (Å²) in [6.45, 7) is 3.36. The van der Waals surface area contributed by atoms with Crippen LogP contribution in [0.25, 0.3) is 0 Å². The average molecular weight is 228 g/mol. The smallest absolute Gasteiger partial charge is 0.321 e. The Morgan fingerprint density at radius 1 is 1.50 bits per heavy atom. The lowest BCUT2D eigenvalue weighted by Crippen LogP contribution is -2.39. The maximum Gasteiger partial charge on any atom is 0.321 e. The molecule has 0 aliphatic carbocycles. The lowest BCUT2D eigenvalue weighted by molar-refractivity contribution is -0.120. The van der Waals surface area contributed by atoms with Crippen molar-refractivity contribution in [1.29, 1.82) is 0 Å². The highest BCUT2D eigenvalue weighted by Crippen LogP contribution is 2.14. The van der Waals surface area contributed by atoms with Crippen molar-refractivity contribution in [2.24, 2.45) is 11.7 Å². The first-order valence-corrected chi connectivity index (χ1v) is 5.59. The van der Waals surface area contributed by atoms with Crippen LogP contribution in [0, 0.1) is 5.92 Å². The van der Waals surface area contributed by atoms with Crippen molar-refractivity contribution in [3.05, 3.63) is 0 Å². The van der Waals surface area contributed by atoms with E-state index < -0.39 is 6.03 Å². The van der Waals surface area contributed by atoms with Crippen LogP contribution in [-0.2, 0) is 4.79 Å². The van der Waals surface area contributed by atoms with E-state index in [-0.39, 0.29) is 5.91 Å². The first-order chi connectivity index (χ1) is 7.65. The summed E-state index contributed by atoms with van der Waals surface area (Å²) < 4.78 is 0. The summed E-state index contributed by atoms with van der Waals surface area (Å²) in [6.07, 6.45) is 1.46. The number of rotatable bonds is 4. The molecular weight excluding hydrogens is 208 g/mol. The SMILES string of the molecule is CNC(=O)NC(=O)CCN1CCC(CN)C1. The number of imide groups is 1. The molecule has 0 radical (unpaired) electrons. The van der Waals surface area contributed by atoms with Gasteiger partial charge in [0.05, 0.1) is 0 Å². The third kappa shape index (κ3) is 4.16. The summed E-state index contributed by atoms with van der Waals surface area (Å²) in [5.41, 5.74) is 5.58. The van der Waals surface area contributed by atoms with E-state index in [9.17, 15) is 9.59 Å². The molecule has 0 aromatic rings. The van der Waals surface area contributed by atoms with Crippen molar-refractivity contribution < 1.29 is 9.59 Å². The maximum atomic E-state index is 11.3. The summed E-state index contributed by atoms with van der Waals surface area (Å²) in [6, 6.07) is -0.453. The Labute approximate surface area is 95.5 Å². The van der Waals surface area contributed by atoms with Crippen LogP contribution < -0.4 is 16.4 Å². The predicted molar refractivity (Wildman–Crippen MR) is 60.8 cm³/mol. The van der Waals surface area contributed by atoms with Crippen molar-refractivity contribution in [3.8, 4) is 0 Å². The van der Waals surface area contributed by atoms with Crippen molar-refractivity contribution in [2.45, 2.75) is 12.8 Å². The lowest BCUT2D eigenvalue weighted by atomic mass is 10.1. The molecule has 1 aliphatic heterocycles. The van der Waals surface area contributed by atoms with E-state index >= 15 is 0 Å². The number of carbonyl (C=O) groups is 2. The van der Waals surface area contributed by atoms with E-state index in [2.05, 4.69) is 15.5 Å². The highest BCUT2D eigenvalue weighted by Gasteiger charge is 2.21. The molecule has 1 rings (SSSR count). The topological polar surface area (TPSA) is 87.5 Å². The van der Waals surface area contributed by atoms with Crippen LogP contribution in [0.3, 0.4) is 0 Å². The van der Waals surface area contributed by atoms with Crippen LogP contribution in [0.5, 0.6) is 0 Å². The van der Waals surface area contributed by atoms with E-state index in [1.54, 1.807) is 0 Å². The molecule has 6 nitrogen and oxygen atoms in total. The molecule has 0 spiro atoms. The zero-order chi connectivity index (χ0) is 12.0. The van der Waals surface area contributed by atoms with Gasteiger partial charge in [-0.1, -0.05) is 0 Å². The molecule has 1 fully saturated rings. The second-order valence-electron chi connectivity index (χ2n) is 4.07. The van der Waals surface area contributed by atoms with Gasteiger partial charge < -0.3 is 16.0 Å². The summed E-state index contributed by atoms with van der Waals surface area (Å²) >= 11 is 0. The summed E-state index contributed by atoms with van der Waals surface area (Å²) in [7, 11) is 1.48. The van der Waals surface area contributed by atoms with Gasteiger partial charge in [0.2, 0.25) is 5.91 Å². The predicted octanol–water partition coefficient (Wildman–Crippen LogP) is -0.887. The molecule has 1 heterocycles. The van der Waals surface area contributed by atoms with Crippen molar-refractivity contribution >= 4 is 11.9 Å². The van der Waals surface area contributed by atoms with Gasteiger partial charge in [-0.2, -0.15) is 0 Å². The largest absolute Gasteiger partial charge is 0.341 e. The van der Waals surface area contributed by atoms with E-state index in [4.69, 9.17) is 5.73 Å². The molecule has 16 heavy (non-hydrogen) atoms. The van der Waals surface area contributed by atoms with Gasteiger partial charge in [-0.15, -0.1) is 0 Å². The number of nitrogens with one attached hydrogen (secondary N) is 2. The third-order valence-corrected chi connectivity index (χ3v) is 2.84. The fourth-order valence-electron chi connectivity index (χ4n) is 1.82. The number of hydrogen-bond donors (Lipinski definition) is 3. The number of likely N-dealkylation sites (tertiary alicyclic amines) is 1. The molecule has 0 bridgehead atoms. The molecule has 0 aromatic carbocycles. The number of nitrogens with zero attached hydrogens (tertiary/aromatic N) is 1. The highest BCUT2D eigenvalue weighted by molar-refractivity contribution is 5.94. The molecule has 1 unspecified atom stereocenters. The Kier molecular flexibility index (Phi) is 5.21. The van der Waals surface area contributed by atoms with Crippen LogP contribution in [0.4, 0.5) is 4.79 Å². The minimum Gasteiger partial charge on any atom is -0.341 e. The van der Waals surface area contributed by atoms with Gasteiger partial charge in [0, 0.05) is 26.6 Å². The molecule has 0 aromatic heterocycles. The number of amides is 3. The van der Waals surface area contributed by atoms with Gasteiger partial charge >= 0.3 is 6.03 Å². The number of urea groups is 1. The van der Waals surface area contributed by atoms with Crippen LogP contribution in [0.15, 0.2) is 0 Å². The van der Waals surface area contributed by atoms with Crippen molar-refractivity contribution in [1.82, 2.24) is 15.5 Å². The fourth-order valence-corrected chi connectivity index (χ4v) is 1.82. The van der Waals surface area contributed by atoms with E-state index in [0.29, 0.717) is 25.4 Å². The molecule has 1 aliphatic rings. The molecule has 6 heteroatoms. The quantitative estimate of drug-likeness (QED) is 0.582. The number of carbonyl (C=O) groups excluding carboxylic acids is 2. The van der Waals surface area contributed by atoms with Gasteiger partial charge in [0.1, 0.15) is 0 Å². The Bertz CT molecular complexity index is 257. The van der Waals surface area contributed by atoms with Crippen LogP contribution in [0.2, 0.25) is 0 Å². The molecule has 0 saturated carbocycles. The molecular formula is C10H20N4O2. The van der Waals surface area contributed by atoms with E-state index in [0.717, 1.165) is 19.5 Å². The van der Waals surface area contributed by atoms with Crippen molar-refractivity contribution in [3.63, 3.8) is 0 Å². The third-order valence-electron chi connectivity index (χ3n) is 2.84. The van der Waals surface area contributed by atoms with Crippen molar-refractivity contribution in [2.75, 3.05) is 33.2 Å². The summed E-state index contributed by atoms with van der Waals surface area (Å²) in [4.78, 5) is 24.3. The van der Waals surface area contributed by atoms with Gasteiger partial charge in [-0.25, -0.2) is 4.79 Å². The average Bonchev–Trinajstić information content (AvgIpc) is 2.74. The van der Waals surface area contributed by atoms with Crippen LogP contribution >= 0.6 is 0 Å². The minimum atomic E-state index is -0.453. The Morgan fingerprint density at radius 3 is 2.81 bits per heavy atom. The summed E-state index contributed by atoms with van der Waals surface area (Å²) in [5.74, 6) is 0.317. The van der Waals surface area contributed by atoms with Gasteiger partial charge in [-0.3, -0.25) is 10.1 Å². The second kappa shape index (κ2) is 6.44. The molecule has 3 amide bonds. The summed E-state index contributed by atoms with van der Waals surface area (Å²) in [5, 5.41) is 4.58. The minimum absolute atomic E-state index is 0.240. The Hall–Kier alpha value is -1.14.